The fourth-order valence-corrected chi connectivity index (χ4v) is 2.01. The average molecular weight is 256 g/mol. The second kappa shape index (κ2) is 6.87. The first kappa shape index (κ1) is 14.3. The molecular weight excluding hydrogens is 234 g/mol. The Morgan fingerprint density at radius 2 is 2.00 bits per heavy atom. The van der Waals surface area contributed by atoms with Gasteiger partial charge in [-0.2, -0.15) is 0 Å². The van der Waals surface area contributed by atoms with Crippen LogP contribution in [0, 0.1) is 0 Å². The second-order valence-corrected chi connectivity index (χ2v) is 4.93. The van der Waals surface area contributed by atoms with Crippen molar-refractivity contribution < 1.29 is 4.74 Å². The third kappa shape index (κ3) is 4.57. The summed E-state index contributed by atoms with van der Waals surface area (Å²) in [7, 11) is 0. The monoisotopic (exact) mass is 255 g/mol. The zero-order valence-electron chi connectivity index (χ0n) is 11.1. The van der Waals surface area contributed by atoms with Gasteiger partial charge in [0, 0.05) is 11.1 Å². The van der Waals surface area contributed by atoms with Crippen LogP contribution in [0.2, 0.25) is 5.02 Å². The van der Waals surface area contributed by atoms with Crippen LogP contribution in [-0.2, 0) is 0 Å². The Morgan fingerprint density at radius 1 is 1.29 bits per heavy atom. The Bertz CT molecular complexity index is 352. The van der Waals surface area contributed by atoms with E-state index < -0.39 is 0 Å². The van der Waals surface area contributed by atoms with Gasteiger partial charge < -0.3 is 10.1 Å². The van der Waals surface area contributed by atoms with Gasteiger partial charge in [-0.05, 0) is 51.4 Å². The van der Waals surface area contributed by atoms with Crippen LogP contribution in [-0.4, -0.2) is 12.6 Å². The standard InChI is InChI=1S/C14H22ClNO/c1-5-8-16-11(4)13-7-6-12(9-14(13)15)17-10(2)3/h6-7,9-11,16H,5,8H2,1-4H3. The lowest BCUT2D eigenvalue weighted by molar-refractivity contribution is 0.242. The fraction of sp³-hybridized carbons (Fsp3) is 0.571. The number of nitrogens with one attached hydrogen (secondary N) is 1. The Balaban J connectivity index is 2.74. The van der Waals surface area contributed by atoms with E-state index in [0.717, 1.165) is 29.3 Å². The number of hydrogen-bond donors (Lipinski definition) is 1. The van der Waals surface area contributed by atoms with Gasteiger partial charge >= 0.3 is 0 Å². The minimum Gasteiger partial charge on any atom is -0.491 e. The van der Waals surface area contributed by atoms with E-state index in [1.165, 1.54) is 0 Å². The van der Waals surface area contributed by atoms with Crippen LogP contribution in [0.1, 0.15) is 45.7 Å². The molecule has 1 rings (SSSR count). The van der Waals surface area contributed by atoms with Crippen molar-refractivity contribution in [3.63, 3.8) is 0 Å². The molecule has 0 heterocycles. The van der Waals surface area contributed by atoms with Gasteiger partial charge in [0.15, 0.2) is 0 Å². The molecule has 0 spiro atoms. The Labute approximate surface area is 109 Å². The van der Waals surface area contributed by atoms with Gasteiger partial charge in [0.05, 0.1) is 6.10 Å². The topological polar surface area (TPSA) is 21.3 Å². The highest BCUT2D eigenvalue weighted by molar-refractivity contribution is 6.31. The summed E-state index contributed by atoms with van der Waals surface area (Å²) in [5.41, 5.74) is 1.12. The van der Waals surface area contributed by atoms with Crippen molar-refractivity contribution in [2.24, 2.45) is 0 Å². The summed E-state index contributed by atoms with van der Waals surface area (Å²) in [6.45, 7) is 9.29. The summed E-state index contributed by atoms with van der Waals surface area (Å²) in [4.78, 5) is 0. The molecule has 0 aliphatic heterocycles. The number of ether oxygens (including phenoxy) is 1. The van der Waals surface area contributed by atoms with Gasteiger partial charge in [-0.15, -0.1) is 0 Å². The van der Waals surface area contributed by atoms with Gasteiger partial charge in [-0.25, -0.2) is 0 Å². The van der Waals surface area contributed by atoms with Crippen molar-refractivity contribution >= 4 is 11.6 Å². The third-order valence-corrected chi connectivity index (χ3v) is 2.84. The number of halogens is 1. The normalized spacial score (nSPS) is 12.8. The van der Waals surface area contributed by atoms with Crippen LogP contribution >= 0.6 is 11.6 Å². The van der Waals surface area contributed by atoms with Gasteiger partial charge in [0.2, 0.25) is 0 Å². The smallest absolute Gasteiger partial charge is 0.121 e. The van der Waals surface area contributed by atoms with Crippen molar-refractivity contribution in [1.82, 2.24) is 5.32 Å². The van der Waals surface area contributed by atoms with E-state index in [-0.39, 0.29) is 12.1 Å². The van der Waals surface area contributed by atoms with Crippen LogP contribution < -0.4 is 10.1 Å². The number of rotatable bonds is 6. The molecule has 0 aliphatic rings. The van der Waals surface area contributed by atoms with E-state index in [9.17, 15) is 0 Å². The van der Waals surface area contributed by atoms with Crippen LogP contribution in [0.4, 0.5) is 0 Å². The van der Waals surface area contributed by atoms with E-state index in [1.54, 1.807) is 0 Å². The highest BCUT2D eigenvalue weighted by Crippen LogP contribution is 2.27. The lowest BCUT2D eigenvalue weighted by Crippen LogP contribution is -2.19. The minimum atomic E-state index is 0.174. The number of hydrogen-bond acceptors (Lipinski definition) is 2. The van der Waals surface area contributed by atoms with E-state index in [1.807, 2.05) is 32.0 Å². The molecule has 0 fully saturated rings. The van der Waals surface area contributed by atoms with Crippen LogP contribution in [0.25, 0.3) is 0 Å². The summed E-state index contributed by atoms with van der Waals surface area (Å²) >= 11 is 6.27. The summed E-state index contributed by atoms with van der Waals surface area (Å²) < 4.78 is 5.61. The zero-order chi connectivity index (χ0) is 12.8. The third-order valence-electron chi connectivity index (χ3n) is 2.51. The quantitative estimate of drug-likeness (QED) is 0.823. The molecule has 96 valence electrons. The Morgan fingerprint density at radius 3 is 2.53 bits per heavy atom. The maximum atomic E-state index is 6.27. The highest BCUT2D eigenvalue weighted by atomic mass is 35.5. The van der Waals surface area contributed by atoms with Crippen molar-refractivity contribution in [1.29, 1.82) is 0 Å². The Kier molecular flexibility index (Phi) is 5.79. The molecule has 0 aromatic heterocycles. The highest BCUT2D eigenvalue weighted by Gasteiger charge is 2.10. The zero-order valence-corrected chi connectivity index (χ0v) is 11.8. The lowest BCUT2D eigenvalue weighted by Gasteiger charge is -2.17. The molecule has 0 bridgehead atoms. The van der Waals surface area contributed by atoms with Gasteiger partial charge in [0.25, 0.3) is 0 Å². The molecular formula is C14H22ClNO. The molecule has 0 radical (unpaired) electrons. The molecule has 17 heavy (non-hydrogen) atoms. The molecule has 0 amide bonds. The van der Waals surface area contributed by atoms with Crippen molar-refractivity contribution in [2.45, 2.75) is 46.3 Å². The first-order valence-corrected chi connectivity index (χ1v) is 6.61. The molecule has 3 heteroatoms. The molecule has 2 nitrogen and oxygen atoms in total. The Hall–Kier alpha value is -0.730. The molecule has 1 aromatic carbocycles. The summed E-state index contributed by atoms with van der Waals surface area (Å²) in [5, 5.41) is 4.19. The lowest BCUT2D eigenvalue weighted by atomic mass is 10.1. The predicted molar refractivity (Wildman–Crippen MR) is 73.9 cm³/mol. The van der Waals surface area contributed by atoms with Crippen molar-refractivity contribution in [3.8, 4) is 5.75 Å². The van der Waals surface area contributed by atoms with Crippen LogP contribution in [0.3, 0.4) is 0 Å². The van der Waals surface area contributed by atoms with Crippen LogP contribution in [0.15, 0.2) is 18.2 Å². The second-order valence-electron chi connectivity index (χ2n) is 4.53. The largest absolute Gasteiger partial charge is 0.491 e. The molecule has 1 atom stereocenters. The maximum absolute atomic E-state index is 6.27. The molecule has 0 saturated carbocycles. The first-order chi connectivity index (χ1) is 8.04. The van der Waals surface area contributed by atoms with Gasteiger partial charge in [-0.3, -0.25) is 0 Å². The average Bonchev–Trinajstić information content (AvgIpc) is 2.25. The minimum absolute atomic E-state index is 0.174. The van der Waals surface area contributed by atoms with Gasteiger partial charge in [-0.1, -0.05) is 24.6 Å². The van der Waals surface area contributed by atoms with Gasteiger partial charge in [0.1, 0.15) is 5.75 Å². The van der Waals surface area contributed by atoms with Crippen molar-refractivity contribution in [3.05, 3.63) is 28.8 Å². The van der Waals surface area contributed by atoms with E-state index in [2.05, 4.69) is 19.2 Å². The predicted octanol–water partition coefficient (Wildman–Crippen LogP) is 4.19. The van der Waals surface area contributed by atoms with E-state index >= 15 is 0 Å². The maximum Gasteiger partial charge on any atom is 0.121 e. The SMILES string of the molecule is CCCNC(C)c1ccc(OC(C)C)cc1Cl. The summed E-state index contributed by atoms with van der Waals surface area (Å²) in [5.74, 6) is 0.830. The van der Waals surface area contributed by atoms with Crippen molar-refractivity contribution in [2.75, 3.05) is 6.54 Å². The van der Waals surface area contributed by atoms with Crippen LogP contribution in [0.5, 0.6) is 5.75 Å². The summed E-state index contributed by atoms with van der Waals surface area (Å²) in [6.07, 6.45) is 1.30. The molecule has 0 aliphatic carbocycles. The number of benzene rings is 1. The molecule has 1 N–H and O–H groups in total. The summed E-state index contributed by atoms with van der Waals surface area (Å²) in [6, 6.07) is 6.18. The molecule has 0 saturated heterocycles. The molecule has 1 unspecified atom stereocenters. The fourth-order valence-electron chi connectivity index (χ4n) is 1.68. The van der Waals surface area contributed by atoms with E-state index in [0.29, 0.717) is 0 Å². The molecule has 1 aromatic rings. The first-order valence-electron chi connectivity index (χ1n) is 6.24. The van der Waals surface area contributed by atoms with E-state index in [4.69, 9.17) is 16.3 Å².